The number of amides is 4. The minimum Gasteiger partial charge on any atom is -0.481 e. The summed E-state index contributed by atoms with van der Waals surface area (Å²) in [6, 6.07) is 33.9. The highest BCUT2D eigenvalue weighted by molar-refractivity contribution is 5.85. The molecule has 0 bridgehead atoms. The van der Waals surface area contributed by atoms with Crippen LogP contribution in [0, 0.1) is 53.3 Å². The molecule has 0 saturated carbocycles. The van der Waals surface area contributed by atoms with Gasteiger partial charge in [0.2, 0.25) is 23.6 Å². The molecule has 0 radical (unpaired) electrons. The zero-order chi connectivity index (χ0) is 77.9. The zero-order valence-corrected chi connectivity index (χ0v) is 66.5. The van der Waals surface area contributed by atoms with E-state index in [0.717, 1.165) is 84.9 Å². The number of aliphatic hydroxyl groups is 2. The molecule has 0 unspecified atom stereocenters. The molecule has 4 aromatic carbocycles. The Hall–Kier alpha value is -6.91. The fourth-order valence-corrected chi connectivity index (χ4v) is 16.0. The lowest BCUT2D eigenvalue weighted by Gasteiger charge is -2.40. The predicted molar refractivity (Wildman–Crippen MR) is 412 cm³/mol. The molecule has 7 rings (SSSR count). The van der Waals surface area contributed by atoms with Gasteiger partial charge in [-0.05, 0) is 109 Å². The number of benzene rings is 4. The Labute approximate surface area is 627 Å². The van der Waals surface area contributed by atoms with E-state index in [4.69, 9.17) is 23.7 Å². The van der Waals surface area contributed by atoms with Crippen molar-refractivity contribution >= 4 is 41.4 Å². The average Bonchev–Trinajstić information content (AvgIpc) is 1.80. The van der Waals surface area contributed by atoms with Gasteiger partial charge >= 0.3 is 11.9 Å². The molecule has 0 aromatic heterocycles. The highest BCUT2D eigenvalue weighted by Gasteiger charge is 2.44. The van der Waals surface area contributed by atoms with Crippen LogP contribution in [-0.2, 0) is 57.2 Å². The molecule has 1 aliphatic carbocycles. The van der Waals surface area contributed by atoms with Crippen LogP contribution in [0.4, 0.5) is 0 Å². The van der Waals surface area contributed by atoms with Crippen molar-refractivity contribution in [2.24, 2.45) is 53.3 Å². The van der Waals surface area contributed by atoms with Crippen LogP contribution in [0.5, 0.6) is 0 Å². The van der Waals surface area contributed by atoms with Gasteiger partial charge in [0, 0.05) is 79.3 Å². The van der Waals surface area contributed by atoms with Crippen molar-refractivity contribution in [3.8, 4) is 11.1 Å². The van der Waals surface area contributed by atoms with Crippen molar-refractivity contribution in [1.82, 2.24) is 25.3 Å². The number of nitrogens with one attached hydrogen (secondary N) is 2. The molecule has 2 heterocycles. The van der Waals surface area contributed by atoms with E-state index in [2.05, 4.69) is 62.6 Å². The van der Waals surface area contributed by atoms with Crippen LogP contribution in [0.3, 0.4) is 0 Å². The maximum Gasteiger partial charge on any atom is 0.306 e. The Bertz CT molecular complexity index is 3270. The number of methoxy groups -OCH3 is 4. The number of Topliss-reactive ketones (excluding diaryl/α,β-unsaturated/α-hetero) is 1. The van der Waals surface area contributed by atoms with Crippen molar-refractivity contribution in [2.75, 3.05) is 62.2 Å². The van der Waals surface area contributed by atoms with Gasteiger partial charge in [-0.15, -0.1) is 0 Å². The molecule has 2 saturated heterocycles. The normalized spacial score (nSPS) is 19.5. The number of carboxylic acids is 1. The molecule has 4 amide bonds. The van der Waals surface area contributed by atoms with Crippen LogP contribution in [0.1, 0.15) is 201 Å². The van der Waals surface area contributed by atoms with Crippen LogP contribution < -0.4 is 10.6 Å². The van der Waals surface area contributed by atoms with Crippen LogP contribution in [0.15, 0.2) is 109 Å². The second-order valence-corrected chi connectivity index (χ2v) is 30.4. The van der Waals surface area contributed by atoms with Gasteiger partial charge in [-0.1, -0.05) is 205 Å². The third-order valence-corrected chi connectivity index (χ3v) is 22.7. The number of esters is 1. The fraction of sp³-hybridized carbons (Fsp3) is 0.635. The molecule has 584 valence electrons. The third kappa shape index (κ3) is 24.0. The van der Waals surface area contributed by atoms with E-state index in [1.54, 1.807) is 40.2 Å². The number of aliphatic carboxylic acids is 1. The first-order chi connectivity index (χ1) is 50.0. The van der Waals surface area contributed by atoms with E-state index in [-0.39, 0.29) is 127 Å². The van der Waals surface area contributed by atoms with Crippen molar-refractivity contribution in [3.05, 3.63) is 131 Å². The van der Waals surface area contributed by atoms with Crippen molar-refractivity contribution in [1.29, 1.82) is 0 Å². The Morgan fingerprint density at radius 2 is 1.04 bits per heavy atom. The summed E-state index contributed by atoms with van der Waals surface area (Å²) >= 11 is 0. The summed E-state index contributed by atoms with van der Waals surface area (Å²) in [5.74, 6) is -2.96. The summed E-state index contributed by atoms with van der Waals surface area (Å²) < 4.78 is 28.8. The number of likely N-dealkylation sites (tertiary alicyclic amines) is 1. The molecule has 0 spiro atoms. The lowest BCUT2D eigenvalue weighted by Crippen LogP contribution is -2.54. The maximum absolute atomic E-state index is 13.9. The third-order valence-electron chi connectivity index (χ3n) is 22.7. The molecule has 18 atom stereocenters. The number of carbonyl (C=O) groups excluding carboxylic acids is 6. The van der Waals surface area contributed by atoms with Gasteiger partial charge in [-0.3, -0.25) is 33.6 Å². The van der Waals surface area contributed by atoms with Gasteiger partial charge in [-0.2, -0.15) is 0 Å². The Balaban J connectivity index is 0.000000296. The lowest BCUT2D eigenvalue weighted by molar-refractivity contribution is -0.153. The first-order valence-electron chi connectivity index (χ1n) is 38.5. The summed E-state index contributed by atoms with van der Waals surface area (Å²) in [7, 11) is 9.86. The molecular formula is C85H129N5O15. The number of fused-ring (bicyclic) bond motifs is 3. The average molecular weight is 1460 g/mol. The van der Waals surface area contributed by atoms with Gasteiger partial charge in [-0.25, -0.2) is 0 Å². The molecule has 105 heavy (non-hydrogen) atoms. The molecule has 2 aliphatic heterocycles. The van der Waals surface area contributed by atoms with E-state index in [1.165, 1.54) is 7.11 Å². The summed E-state index contributed by atoms with van der Waals surface area (Å²) in [5, 5.41) is 36.9. The topological polar surface area (TPSA) is 260 Å². The van der Waals surface area contributed by atoms with E-state index >= 15 is 0 Å². The number of aliphatic hydroxyl groups excluding tert-OH is 2. The molecule has 20 heteroatoms. The van der Waals surface area contributed by atoms with Gasteiger partial charge in [0.25, 0.3) is 0 Å². The number of likely N-dealkylation sites (N-methyl/N-ethyl adjacent to an activating group) is 2. The zero-order valence-electron chi connectivity index (χ0n) is 66.5. The SMILES string of the molecule is CC[C@H](C(=O)N(C)[C@@H]([C@@H](C)CC)[C@@H](CC(=O)N1CCC[C@H]1[C@H](OC)[C@@H](C)C(=O)N[C@H](C)[C@@H](O)c1ccccc1)OC)C(C)C.CC[C@H](C)[C@@H]([C@@H](CC(=O)O)OC)N(C)C(=O)[C@@H](CC(=O)OCC1c2ccccc2-c2ccccc21)C(C)C.CO[C@@H]([C@@H]1CCCN1)[C@@H](C)C(=O)C[C@H](C)[C@@H](O)c1ccccc1. The number of nitrogens with zero attached hydrogens (tertiary/aromatic N) is 3. The molecule has 2 fully saturated rings. The van der Waals surface area contributed by atoms with E-state index in [0.29, 0.717) is 13.0 Å². The first-order valence-corrected chi connectivity index (χ1v) is 38.5. The second kappa shape index (κ2) is 43.8. The highest BCUT2D eigenvalue weighted by atomic mass is 16.5. The number of carbonyl (C=O) groups is 7. The minimum atomic E-state index is -0.981. The molecular weight excluding hydrogens is 1330 g/mol. The smallest absolute Gasteiger partial charge is 0.306 e. The second-order valence-electron chi connectivity index (χ2n) is 30.4. The Morgan fingerprint density at radius 3 is 1.50 bits per heavy atom. The number of ketones is 1. The predicted octanol–water partition coefficient (Wildman–Crippen LogP) is 12.9. The van der Waals surface area contributed by atoms with Crippen molar-refractivity contribution in [2.45, 2.75) is 233 Å². The monoisotopic (exact) mass is 1460 g/mol. The van der Waals surface area contributed by atoms with Gasteiger partial charge in [0.15, 0.2) is 0 Å². The van der Waals surface area contributed by atoms with Gasteiger partial charge < -0.3 is 64.3 Å². The summed E-state index contributed by atoms with van der Waals surface area (Å²) in [5.41, 5.74) is 6.18. The Kier molecular flexibility index (Phi) is 37.0. The number of rotatable bonds is 38. The van der Waals surface area contributed by atoms with Crippen molar-refractivity contribution in [3.63, 3.8) is 0 Å². The number of hydrogen-bond donors (Lipinski definition) is 5. The molecule has 5 N–H and O–H groups in total. The van der Waals surface area contributed by atoms with E-state index in [9.17, 15) is 48.9 Å². The fourth-order valence-electron chi connectivity index (χ4n) is 16.0. The first kappa shape index (κ1) is 88.7. The molecule has 3 aliphatic rings. The Morgan fingerprint density at radius 1 is 0.552 bits per heavy atom. The van der Waals surface area contributed by atoms with Gasteiger partial charge in [0.1, 0.15) is 12.4 Å². The number of hydrogen-bond acceptors (Lipinski definition) is 15. The van der Waals surface area contributed by atoms with Crippen LogP contribution in [-0.4, -0.2) is 188 Å². The summed E-state index contributed by atoms with van der Waals surface area (Å²) in [6.45, 7) is 27.4. The maximum atomic E-state index is 13.9. The lowest BCUT2D eigenvalue weighted by atomic mass is 9.85. The highest BCUT2D eigenvalue weighted by Crippen LogP contribution is 2.45. The summed E-state index contributed by atoms with van der Waals surface area (Å²) in [4.78, 5) is 96.9. The quantitative estimate of drug-likeness (QED) is 0.0261. The van der Waals surface area contributed by atoms with Gasteiger partial charge in [0.05, 0.1) is 91.9 Å². The molecule has 20 nitrogen and oxygen atoms in total. The largest absolute Gasteiger partial charge is 0.481 e. The van der Waals surface area contributed by atoms with E-state index < -0.39 is 66.4 Å². The van der Waals surface area contributed by atoms with Crippen LogP contribution >= 0.6 is 0 Å². The minimum absolute atomic E-state index is 0.00974. The molecule has 4 aromatic rings. The summed E-state index contributed by atoms with van der Waals surface area (Å²) in [6.07, 6.45) is 3.13. The van der Waals surface area contributed by atoms with E-state index in [1.807, 2.05) is 157 Å². The number of ether oxygens (including phenoxy) is 5. The number of carboxylic acid groups (broad SMARTS) is 1. The van der Waals surface area contributed by atoms with Crippen molar-refractivity contribution < 1.29 is 72.6 Å². The standard InChI is InChI=1S/C35H59N3O6.C31H41NO6.C19H29NO3/c1-11-23(5)31(37(8)35(42)27(12-2)22(3)4)29(43-9)21-30(39)38-20-16-19-28(38)33(44-10)24(6)34(41)36-25(7)32(40)26-17-14-13-15-18-26;1-7-20(4)30(27(37-6)17-28(33)34)32(5)31(36)25(19(2)3)16-29(35)38-18-26-23-14-10-8-12-21(23)22-13-9-11-15-24(22)26;1-13(18(22)15-8-5-4-6-9-15)12-17(21)14(2)19(23-3)16-10-7-11-20-16/h13-15,17-18,22-25,27-29,31-33,40H,11-12,16,19-21H2,1-10H3,(H,36,41);8-15,19-20,25-27,30H,7,16-18H2,1-6H3,(H,33,34);4-6,8-9,13-14,16,18-20,22H,7,10-12H2,1-3H3/t23-,24+,25+,27-,28-,29+,31-,32+,33+;20-,25-,27+,30-;13-,14-,16-,18+,19+/m000/s1. The van der Waals surface area contributed by atoms with Crippen LogP contribution in [0.2, 0.25) is 0 Å². The van der Waals surface area contributed by atoms with Crippen LogP contribution in [0.25, 0.3) is 11.1 Å².